The number of anilines is 1. The van der Waals surface area contributed by atoms with E-state index in [9.17, 15) is 10.1 Å². The van der Waals surface area contributed by atoms with Gasteiger partial charge in [-0.15, -0.1) is 0 Å². The van der Waals surface area contributed by atoms with Crippen LogP contribution in [0.25, 0.3) is 0 Å². The maximum absolute atomic E-state index is 11.2. The fraction of sp³-hybridized carbons (Fsp3) is 0.724. The normalized spacial score (nSPS) is 14.6. The number of unbranched alkanes of at least 4 members (excludes halogenated alkanes) is 15. The summed E-state index contributed by atoms with van der Waals surface area (Å²) in [5.74, 6) is 0. The number of allylic oxidation sites excluding steroid dienone is 1. The fourth-order valence-electron chi connectivity index (χ4n) is 5.09. The maximum Gasteiger partial charge on any atom is 0.269 e. The summed E-state index contributed by atoms with van der Waals surface area (Å²) in [4.78, 5) is 13.2. The molecule has 0 saturated carbocycles. The molecule has 1 heterocycles. The van der Waals surface area contributed by atoms with E-state index >= 15 is 0 Å². The van der Waals surface area contributed by atoms with Crippen molar-refractivity contribution in [3.63, 3.8) is 0 Å². The second-order valence-electron chi connectivity index (χ2n) is 10.5. The van der Waals surface area contributed by atoms with E-state index in [1.807, 2.05) is 6.07 Å². The van der Waals surface area contributed by atoms with Crippen LogP contribution in [-0.2, 0) is 5.41 Å². The molecule has 0 radical (unpaired) electrons. The number of benzene rings is 1. The molecule has 0 bridgehead atoms. The lowest BCUT2D eigenvalue weighted by molar-refractivity contribution is -0.384. The third kappa shape index (κ3) is 8.46. The number of nitro groups is 1. The van der Waals surface area contributed by atoms with Crippen LogP contribution in [-0.4, -0.2) is 11.5 Å². The molecule has 0 fully saturated rings. The molecule has 1 aliphatic rings. The highest BCUT2D eigenvalue weighted by atomic mass is 16.6. The molecule has 4 nitrogen and oxygen atoms in total. The number of fused-ring (bicyclic) bond motifs is 1. The Balaban J connectivity index is 1.53. The minimum absolute atomic E-state index is 0.166. The molecular formula is C29H48N2O2. The Hall–Kier alpha value is -1.84. The van der Waals surface area contributed by atoms with Gasteiger partial charge in [-0.3, -0.25) is 10.1 Å². The number of rotatable bonds is 18. The highest BCUT2D eigenvalue weighted by Gasteiger charge is 2.39. The zero-order chi connectivity index (χ0) is 24.1. The quantitative estimate of drug-likeness (QED) is 0.125. The summed E-state index contributed by atoms with van der Waals surface area (Å²) in [5, 5.41) is 11.2. The van der Waals surface area contributed by atoms with Crippen molar-refractivity contribution in [2.45, 2.75) is 129 Å². The van der Waals surface area contributed by atoms with Crippen molar-refractivity contribution in [2.75, 3.05) is 11.4 Å². The van der Waals surface area contributed by atoms with Crippen LogP contribution in [0.4, 0.5) is 11.4 Å². The van der Waals surface area contributed by atoms with E-state index in [1.54, 1.807) is 12.1 Å². The Morgan fingerprint density at radius 1 is 0.818 bits per heavy atom. The zero-order valence-corrected chi connectivity index (χ0v) is 21.7. The SMILES string of the molecule is C=C1N(CCCCCCCCCCCCCCCCCC)c2ccc([N+](=O)[O-])cc2C1(C)C. The smallest absolute Gasteiger partial charge is 0.269 e. The van der Waals surface area contributed by atoms with Crippen LogP contribution in [0, 0.1) is 10.1 Å². The summed E-state index contributed by atoms with van der Waals surface area (Å²) in [6.07, 6.45) is 22.0. The summed E-state index contributed by atoms with van der Waals surface area (Å²) in [6, 6.07) is 5.25. The minimum atomic E-state index is -0.308. The average Bonchev–Trinajstić information content (AvgIpc) is 2.98. The van der Waals surface area contributed by atoms with Gasteiger partial charge in [0.05, 0.1) is 4.92 Å². The molecule has 33 heavy (non-hydrogen) atoms. The molecule has 0 aromatic heterocycles. The van der Waals surface area contributed by atoms with Gasteiger partial charge in [-0.2, -0.15) is 0 Å². The van der Waals surface area contributed by atoms with Gasteiger partial charge in [0.2, 0.25) is 0 Å². The third-order valence-electron chi connectivity index (χ3n) is 7.44. The monoisotopic (exact) mass is 456 g/mol. The summed E-state index contributed by atoms with van der Waals surface area (Å²) >= 11 is 0. The fourth-order valence-corrected chi connectivity index (χ4v) is 5.09. The molecule has 0 unspecified atom stereocenters. The molecule has 1 aromatic rings. The molecule has 2 rings (SSSR count). The van der Waals surface area contributed by atoms with Crippen molar-refractivity contribution >= 4 is 11.4 Å². The van der Waals surface area contributed by atoms with Crippen molar-refractivity contribution < 1.29 is 4.92 Å². The zero-order valence-electron chi connectivity index (χ0n) is 21.7. The Kier molecular flexibility index (Phi) is 12.0. The van der Waals surface area contributed by atoms with Crippen LogP contribution < -0.4 is 4.90 Å². The van der Waals surface area contributed by atoms with Crippen LogP contribution in [0.3, 0.4) is 0 Å². The Bertz CT molecular complexity index is 741. The van der Waals surface area contributed by atoms with Crippen molar-refractivity contribution in [3.05, 3.63) is 46.2 Å². The van der Waals surface area contributed by atoms with Gasteiger partial charge in [0, 0.05) is 35.5 Å². The van der Waals surface area contributed by atoms with Crippen molar-refractivity contribution in [1.29, 1.82) is 0 Å². The van der Waals surface area contributed by atoms with Gasteiger partial charge in [-0.1, -0.05) is 124 Å². The van der Waals surface area contributed by atoms with Crippen LogP contribution in [0.15, 0.2) is 30.5 Å². The van der Waals surface area contributed by atoms with E-state index in [0.717, 1.165) is 29.9 Å². The molecule has 0 spiro atoms. The van der Waals surface area contributed by atoms with Crippen molar-refractivity contribution in [3.8, 4) is 0 Å². The first-order chi connectivity index (χ1) is 15.9. The van der Waals surface area contributed by atoms with E-state index in [4.69, 9.17) is 0 Å². The molecule has 0 amide bonds. The van der Waals surface area contributed by atoms with Gasteiger partial charge in [-0.25, -0.2) is 0 Å². The van der Waals surface area contributed by atoms with Gasteiger partial charge in [0.25, 0.3) is 5.69 Å². The molecule has 1 aliphatic heterocycles. The summed E-state index contributed by atoms with van der Waals surface area (Å²) in [7, 11) is 0. The first-order valence-corrected chi connectivity index (χ1v) is 13.7. The van der Waals surface area contributed by atoms with Crippen LogP contribution in [0.1, 0.15) is 129 Å². The Morgan fingerprint density at radius 3 is 1.73 bits per heavy atom. The highest BCUT2D eigenvalue weighted by Crippen LogP contribution is 2.48. The Labute approximate surface area is 203 Å². The number of hydrogen-bond acceptors (Lipinski definition) is 3. The van der Waals surface area contributed by atoms with Crippen LogP contribution in [0.2, 0.25) is 0 Å². The summed E-state index contributed by atoms with van der Waals surface area (Å²) in [5.41, 5.74) is 3.09. The van der Waals surface area contributed by atoms with Gasteiger partial charge in [-0.05, 0) is 18.1 Å². The number of nitrogens with zero attached hydrogens (tertiary/aromatic N) is 2. The highest BCUT2D eigenvalue weighted by molar-refractivity contribution is 5.71. The molecule has 4 heteroatoms. The lowest BCUT2D eigenvalue weighted by atomic mass is 9.84. The predicted molar refractivity (Wildman–Crippen MR) is 142 cm³/mol. The molecule has 0 saturated heterocycles. The lowest BCUT2D eigenvalue weighted by Gasteiger charge is -2.25. The van der Waals surface area contributed by atoms with Crippen molar-refractivity contribution in [1.82, 2.24) is 0 Å². The molecule has 1 aromatic carbocycles. The molecular weight excluding hydrogens is 408 g/mol. The second kappa shape index (κ2) is 14.4. The molecule has 186 valence electrons. The second-order valence-corrected chi connectivity index (χ2v) is 10.5. The summed E-state index contributed by atoms with van der Waals surface area (Å²) < 4.78 is 0. The van der Waals surface area contributed by atoms with Gasteiger partial charge >= 0.3 is 0 Å². The maximum atomic E-state index is 11.2. The average molecular weight is 457 g/mol. The number of nitro benzene ring substituents is 1. The van der Waals surface area contributed by atoms with E-state index in [1.165, 1.54) is 96.3 Å². The van der Waals surface area contributed by atoms with E-state index in [-0.39, 0.29) is 16.0 Å². The van der Waals surface area contributed by atoms with Crippen molar-refractivity contribution in [2.24, 2.45) is 0 Å². The van der Waals surface area contributed by atoms with Gasteiger partial charge < -0.3 is 4.90 Å². The molecule has 0 atom stereocenters. The largest absolute Gasteiger partial charge is 0.345 e. The number of hydrogen-bond donors (Lipinski definition) is 0. The van der Waals surface area contributed by atoms with Crippen LogP contribution in [0.5, 0.6) is 0 Å². The van der Waals surface area contributed by atoms with E-state index in [0.29, 0.717) is 0 Å². The predicted octanol–water partition coefficient (Wildman–Crippen LogP) is 9.47. The molecule has 0 N–H and O–H groups in total. The first kappa shape index (κ1) is 27.4. The van der Waals surface area contributed by atoms with E-state index in [2.05, 4.69) is 32.3 Å². The minimum Gasteiger partial charge on any atom is -0.345 e. The standard InChI is InChI=1S/C29H48N2O2/c1-5-6-7-8-9-10-11-12-13-14-15-16-17-18-19-20-23-30-25(2)29(3,4)27-24-26(31(32)33)21-22-28(27)30/h21-22,24H,2,5-20,23H2,1,3-4H3. The van der Waals surface area contributed by atoms with E-state index < -0.39 is 0 Å². The van der Waals surface area contributed by atoms with Crippen LogP contribution >= 0.6 is 0 Å². The first-order valence-electron chi connectivity index (χ1n) is 13.7. The summed E-state index contributed by atoms with van der Waals surface area (Å²) in [6.45, 7) is 11.8. The lowest BCUT2D eigenvalue weighted by Crippen LogP contribution is -2.26. The van der Waals surface area contributed by atoms with Gasteiger partial charge in [0.15, 0.2) is 0 Å². The Morgan fingerprint density at radius 2 is 1.27 bits per heavy atom. The third-order valence-corrected chi connectivity index (χ3v) is 7.44. The molecule has 0 aliphatic carbocycles. The number of non-ortho nitro benzene ring substituents is 1. The van der Waals surface area contributed by atoms with Gasteiger partial charge in [0.1, 0.15) is 0 Å². The topological polar surface area (TPSA) is 46.4 Å².